The van der Waals surface area contributed by atoms with Gasteiger partial charge in [0.1, 0.15) is 18.1 Å². The van der Waals surface area contributed by atoms with Crippen molar-refractivity contribution in [2.24, 2.45) is 5.73 Å². The van der Waals surface area contributed by atoms with Crippen molar-refractivity contribution in [3.05, 3.63) is 0 Å². The van der Waals surface area contributed by atoms with Gasteiger partial charge >= 0.3 is 17.9 Å². The Morgan fingerprint density at radius 3 is 2.07 bits per heavy atom. The lowest BCUT2D eigenvalue weighted by atomic mass is 10.1. The van der Waals surface area contributed by atoms with Gasteiger partial charge in [0.15, 0.2) is 0 Å². The molecule has 3 amide bonds. The molecular formula is C16H24N4O10. The Bertz CT molecular complexity index is 712. The number of carbonyl (C=O) groups is 6. The third-order valence-electron chi connectivity index (χ3n) is 4.36. The van der Waals surface area contributed by atoms with Crippen molar-refractivity contribution < 1.29 is 49.2 Å². The molecule has 14 nitrogen and oxygen atoms in total. The number of nitrogens with zero attached hydrogens (tertiary/aromatic N) is 1. The molecule has 1 fully saturated rings. The second-order valence-corrected chi connectivity index (χ2v) is 6.64. The van der Waals surface area contributed by atoms with Gasteiger partial charge in [-0.25, -0.2) is 4.79 Å². The maximum Gasteiger partial charge on any atom is 0.326 e. The molecule has 0 spiro atoms. The highest BCUT2D eigenvalue weighted by molar-refractivity contribution is 5.95. The predicted molar refractivity (Wildman–Crippen MR) is 95.8 cm³/mol. The summed E-state index contributed by atoms with van der Waals surface area (Å²) in [6.07, 6.45) is -1.04. The van der Waals surface area contributed by atoms with Crippen LogP contribution in [0, 0.1) is 0 Å². The van der Waals surface area contributed by atoms with Crippen molar-refractivity contribution in [2.75, 3.05) is 13.2 Å². The third-order valence-corrected chi connectivity index (χ3v) is 4.36. The van der Waals surface area contributed by atoms with Crippen LogP contribution in [0.25, 0.3) is 0 Å². The van der Waals surface area contributed by atoms with E-state index in [0.29, 0.717) is 6.42 Å². The molecule has 0 saturated carbocycles. The summed E-state index contributed by atoms with van der Waals surface area (Å²) in [6, 6.07) is -5.80. The summed E-state index contributed by atoms with van der Waals surface area (Å²) >= 11 is 0. The van der Waals surface area contributed by atoms with E-state index in [2.05, 4.69) is 10.6 Å². The third kappa shape index (κ3) is 6.97. The molecule has 0 aliphatic carbocycles. The van der Waals surface area contributed by atoms with Crippen LogP contribution < -0.4 is 16.4 Å². The van der Waals surface area contributed by atoms with Gasteiger partial charge in [0.25, 0.3) is 0 Å². The first kappa shape index (κ1) is 24.8. The van der Waals surface area contributed by atoms with Crippen LogP contribution >= 0.6 is 0 Å². The Hall–Kier alpha value is -3.26. The second-order valence-electron chi connectivity index (χ2n) is 6.64. The number of nitrogens with two attached hydrogens (primary N) is 1. The van der Waals surface area contributed by atoms with Gasteiger partial charge in [-0.2, -0.15) is 0 Å². The molecule has 1 saturated heterocycles. The van der Waals surface area contributed by atoms with E-state index < -0.39 is 79.2 Å². The minimum absolute atomic E-state index is 0.0706. The Morgan fingerprint density at radius 1 is 0.967 bits per heavy atom. The lowest BCUT2D eigenvalue weighted by molar-refractivity contribution is -0.148. The van der Waals surface area contributed by atoms with Gasteiger partial charge < -0.3 is 41.7 Å². The van der Waals surface area contributed by atoms with E-state index in [4.69, 9.17) is 21.1 Å². The molecule has 30 heavy (non-hydrogen) atoms. The van der Waals surface area contributed by atoms with Crippen LogP contribution in [-0.2, 0) is 28.8 Å². The second kappa shape index (κ2) is 11.1. The van der Waals surface area contributed by atoms with Crippen LogP contribution in [0.4, 0.5) is 0 Å². The Kier molecular flexibility index (Phi) is 9.14. The van der Waals surface area contributed by atoms with Gasteiger partial charge in [-0.15, -0.1) is 0 Å². The van der Waals surface area contributed by atoms with Crippen molar-refractivity contribution >= 4 is 35.6 Å². The smallest absolute Gasteiger partial charge is 0.326 e. The number of carboxylic acids is 3. The average Bonchev–Trinajstić information content (AvgIpc) is 3.13. The summed E-state index contributed by atoms with van der Waals surface area (Å²) < 4.78 is 0. The number of aliphatic hydroxyl groups excluding tert-OH is 1. The number of hydrogen-bond donors (Lipinski definition) is 7. The van der Waals surface area contributed by atoms with E-state index in [1.165, 1.54) is 0 Å². The van der Waals surface area contributed by atoms with E-state index in [9.17, 15) is 33.9 Å². The number of carboxylic acid groups (broad SMARTS) is 3. The zero-order chi connectivity index (χ0) is 23.0. The molecule has 1 aliphatic heterocycles. The minimum atomic E-state index is -1.70. The van der Waals surface area contributed by atoms with Crippen molar-refractivity contribution in [3.63, 3.8) is 0 Å². The minimum Gasteiger partial charge on any atom is -0.481 e. The normalized spacial score (nSPS) is 18.7. The molecule has 0 aromatic carbocycles. The molecule has 8 N–H and O–H groups in total. The van der Waals surface area contributed by atoms with Gasteiger partial charge in [0, 0.05) is 6.54 Å². The largest absolute Gasteiger partial charge is 0.481 e. The highest BCUT2D eigenvalue weighted by Crippen LogP contribution is 2.19. The summed E-state index contributed by atoms with van der Waals surface area (Å²) in [4.78, 5) is 70.5. The molecular weight excluding hydrogens is 408 g/mol. The zero-order valence-electron chi connectivity index (χ0n) is 15.8. The van der Waals surface area contributed by atoms with Gasteiger partial charge in [-0.05, 0) is 12.8 Å². The number of carbonyl (C=O) groups excluding carboxylic acids is 3. The average molecular weight is 432 g/mol. The fraction of sp³-hybridized carbons (Fsp3) is 0.625. The Balaban J connectivity index is 2.84. The van der Waals surface area contributed by atoms with Crippen molar-refractivity contribution in [2.45, 2.75) is 49.9 Å². The molecule has 4 atom stereocenters. The Labute approximate surface area is 170 Å². The summed E-state index contributed by atoms with van der Waals surface area (Å²) in [5.74, 6) is -7.07. The van der Waals surface area contributed by atoms with Gasteiger partial charge in [0.05, 0.1) is 25.5 Å². The summed E-state index contributed by atoms with van der Waals surface area (Å²) in [5, 5.41) is 40.1. The molecule has 0 bridgehead atoms. The van der Waals surface area contributed by atoms with Gasteiger partial charge in [0.2, 0.25) is 17.7 Å². The highest BCUT2D eigenvalue weighted by Gasteiger charge is 2.39. The van der Waals surface area contributed by atoms with Crippen LogP contribution in [-0.4, -0.2) is 98.3 Å². The standard InChI is InChI=1S/C16H24N4O10/c17-7(4-11(22)23)13(26)19-9(6-21)15(28)20-3-1-2-10(20)14(27)18-8(16(29)30)5-12(24)25/h7-10,21H,1-6,17H2,(H,18,27)(H,19,26)(H,22,23)(H,24,25)(H,29,30). The molecule has 14 heteroatoms. The number of rotatable bonds is 11. The van der Waals surface area contributed by atoms with Crippen LogP contribution in [0.5, 0.6) is 0 Å². The number of amides is 3. The molecule has 168 valence electrons. The molecule has 0 aromatic heterocycles. The zero-order valence-corrected chi connectivity index (χ0v) is 15.8. The number of nitrogens with one attached hydrogen (secondary N) is 2. The summed E-state index contributed by atoms with van der Waals surface area (Å²) in [6.45, 7) is -0.785. The van der Waals surface area contributed by atoms with E-state index >= 15 is 0 Å². The topological polar surface area (TPSA) is 237 Å². The SMILES string of the molecule is NC(CC(=O)O)C(=O)NC(CO)C(=O)N1CCCC1C(=O)NC(CC(=O)O)C(=O)O. The van der Waals surface area contributed by atoms with E-state index in [1.54, 1.807) is 0 Å². The summed E-state index contributed by atoms with van der Waals surface area (Å²) in [5.41, 5.74) is 5.41. The quantitative estimate of drug-likeness (QED) is 0.168. The van der Waals surface area contributed by atoms with E-state index in [-0.39, 0.29) is 13.0 Å². The molecule has 1 heterocycles. The van der Waals surface area contributed by atoms with E-state index in [0.717, 1.165) is 4.90 Å². The van der Waals surface area contributed by atoms with Gasteiger partial charge in [-0.3, -0.25) is 24.0 Å². The maximum absolute atomic E-state index is 12.7. The van der Waals surface area contributed by atoms with Crippen molar-refractivity contribution in [3.8, 4) is 0 Å². The van der Waals surface area contributed by atoms with Crippen LogP contribution in [0.15, 0.2) is 0 Å². The predicted octanol–water partition coefficient (Wildman–Crippen LogP) is -3.70. The van der Waals surface area contributed by atoms with Gasteiger partial charge in [-0.1, -0.05) is 0 Å². The van der Waals surface area contributed by atoms with Crippen LogP contribution in [0.3, 0.4) is 0 Å². The number of aliphatic carboxylic acids is 3. The lowest BCUT2D eigenvalue weighted by Crippen LogP contribution is -2.58. The maximum atomic E-state index is 12.7. The molecule has 1 rings (SSSR count). The Morgan fingerprint density at radius 2 is 1.57 bits per heavy atom. The first-order valence-corrected chi connectivity index (χ1v) is 8.92. The fourth-order valence-corrected chi connectivity index (χ4v) is 2.89. The van der Waals surface area contributed by atoms with E-state index in [1.807, 2.05) is 0 Å². The highest BCUT2D eigenvalue weighted by atomic mass is 16.4. The molecule has 0 radical (unpaired) electrons. The fourth-order valence-electron chi connectivity index (χ4n) is 2.89. The molecule has 1 aliphatic rings. The number of hydrogen-bond acceptors (Lipinski definition) is 8. The first-order valence-electron chi connectivity index (χ1n) is 8.92. The van der Waals surface area contributed by atoms with Crippen LogP contribution in [0.2, 0.25) is 0 Å². The molecule has 4 unspecified atom stereocenters. The summed E-state index contributed by atoms with van der Waals surface area (Å²) in [7, 11) is 0. The lowest BCUT2D eigenvalue weighted by Gasteiger charge is -2.29. The molecule has 0 aromatic rings. The monoisotopic (exact) mass is 432 g/mol. The first-order chi connectivity index (χ1) is 14.0. The number of aliphatic hydroxyl groups is 1. The van der Waals surface area contributed by atoms with Crippen molar-refractivity contribution in [1.29, 1.82) is 0 Å². The van der Waals surface area contributed by atoms with Crippen molar-refractivity contribution in [1.82, 2.24) is 15.5 Å². The van der Waals surface area contributed by atoms with Crippen LogP contribution in [0.1, 0.15) is 25.7 Å². The number of likely N-dealkylation sites (tertiary alicyclic amines) is 1.